The lowest BCUT2D eigenvalue weighted by atomic mass is 9.94. The van der Waals surface area contributed by atoms with Crippen molar-refractivity contribution in [2.75, 3.05) is 13.2 Å². The number of hydrogen-bond donors (Lipinski definition) is 3. The lowest BCUT2D eigenvalue weighted by Crippen LogP contribution is -2.48. The van der Waals surface area contributed by atoms with Crippen LogP contribution in [0.25, 0.3) is 0 Å². The van der Waals surface area contributed by atoms with Crippen LogP contribution in [-0.2, 0) is 4.79 Å². The van der Waals surface area contributed by atoms with Crippen LogP contribution in [0.1, 0.15) is 54.1 Å². The predicted molar refractivity (Wildman–Crippen MR) is 113 cm³/mol. The minimum Gasteiger partial charge on any atom is -0.506 e. The van der Waals surface area contributed by atoms with E-state index in [0.29, 0.717) is 5.56 Å². The van der Waals surface area contributed by atoms with E-state index in [1.165, 1.54) is 17.0 Å². The fraction of sp³-hybridized carbons (Fsp3) is 0.409. The second-order valence-electron chi connectivity index (χ2n) is 7.38. The molecule has 7 nitrogen and oxygen atoms in total. The summed E-state index contributed by atoms with van der Waals surface area (Å²) in [5.41, 5.74) is 0.544. The highest BCUT2D eigenvalue weighted by Gasteiger charge is 2.34. The van der Waals surface area contributed by atoms with E-state index < -0.39 is 11.9 Å². The maximum atomic E-state index is 13.3. The molecule has 1 saturated carbocycles. The van der Waals surface area contributed by atoms with Crippen molar-refractivity contribution in [1.82, 2.24) is 15.2 Å². The van der Waals surface area contributed by atoms with Gasteiger partial charge in [0.1, 0.15) is 11.8 Å². The third kappa shape index (κ3) is 5.09. The van der Waals surface area contributed by atoms with Crippen molar-refractivity contribution in [2.45, 2.75) is 44.2 Å². The number of phenolic OH excluding ortho intramolecular Hbond substituents is 1. The van der Waals surface area contributed by atoms with E-state index >= 15 is 0 Å². The van der Waals surface area contributed by atoms with Crippen LogP contribution in [-0.4, -0.2) is 51.1 Å². The van der Waals surface area contributed by atoms with Gasteiger partial charge in [-0.1, -0.05) is 36.9 Å². The Morgan fingerprint density at radius 3 is 2.53 bits per heavy atom. The van der Waals surface area contributed by atoms with E-state index in [4.69, 9.17) is 11.6 Å². The number of aromatic nitrogens is 1. The van der Waals surface area contributed by atoms with Crippen molar-refractivity contribution in [2.24, 2.45) is 0 Å². The van der Waals surface area contributed by atoms with Gasteiger partial charge in [0, 0.05) is 25.0 Å². The van der Waals surface area contributed by atoms with Crippen molar-refractivity contribution >= 4 is 23.4 Å². The standard InChI is InChI=1S/C22H26ClN3O4/c23-18-8-4-7-17(20(18)28)22(30)26(13-14-27)19(15-9-11-24-12-10-15)21(29)25-16-5-2-1-3-6-16/h4,7-12,16,19,27-28H,1-3,5-6,13-14H2,(H,25,29). The summed E-state index contributed by atoms with van der Waals surface area (Å²) >= 11 is 5.97. The first kappa shape index (κ1) is 22.1. The molecule has 30 heavy (non-hydrogen) atoms. The first-order chi connectivity index (χ1) is 14.5. The van der Waals surface area contributed by atoms with Gasteiger partial charge in [0.25, 0.3) is 5.91 Å². The summed E-state index contributed by atoms with van der Waals surface area (Å²) in [6, 6.07) is 6.88. The molecule has 1 heterocycles. The molecule has 3 rings (SSSR count). The van der Waals surface area contributed by atoms with E-state index in [0.717, 1.165) is 32.1 Å². The average Bonchev–Trinajstić information content (AvgIpc) is 2.76. The molecule has 1 unspecified atom stereocenters. The molecule has 160 valence electrons. The quantitative estimate of drug-likeness (QED) is 0.625. The Bertz CT molecular complexity index is 872. The number of benzene rings is 1. The fourth-order valence-electron chi connectivity index (χ4n) is 3.84. The molecule has 1 aromatic carbocycles. The molecule has 1 atom stereocenters. The van der Waals surface area contributed by atoms with E-state index in [1.54, 1.807) is 30.6 Å². The predicted octanol–water partition coefficient (Wildman–Crippen LogP) is 3.07. The van der Waals surface area contributed by atoms with Crippen LogP contribution in [0.15, 0.2) is 42.7 Å². The van der Waals surface area contributed by atoms with E-state index in [9.17, 15) is 19.8 Å². The van der Waals surface area contributed by atoms with Crippen LogP contribution < -0.4 is 5.32 Å². The van der Waals surface area contributed by atoms with Crippen LogP contribution in [0.5, 0.6) is 5.75 Å². The topological polar surface area (TPSA) is 103 Å². The summed E-state index contributed by atoms with van der Waals surface area (Å²) in [4.78, 5) is 31.9. The number of pyridine rings is 1. The van der Waals surface area contributed by atoms with Gasteiger partial charge in [-0.15, -0.1) is 0 Å². The summed E-state index contributed by atoms with van der Waals surface area (Å²) in [5, 5.41) is 23.0. The highest BCUT2D eigenvalue weighted by atomic mass is 35.5. The first-order valence-corrected chi connectivity index (χ1v) is 10.5. The Morgan fingerprint density at radius 2 is 1.87 bits per heavy atom. The summed E-state index contributed by atoms with van der Waals surface area (Å²) in [5.74, 6) is -1.27. The Kier molecular flexibility index (Phi) is 7.65. The van der Waals surface area contributed by atoms with Crippen molar-refractivity contribution in [1.29, 1.82) is 0 Å². The van der Waals surface area contributed by atoms with Crippen LogP contribution in [0.2, 0.25) is 5.02 Å². The second kappa shape index (κ2) is 10.4. The summed E-state index contributed by atoms with van der Waals surface area (Å²) in [6.07, 6.45) is 8.17. The lowest BCUT2D eigenvalue weighted by molar-refractivity contribution is -0.127. The lowest BCUT2D eigenvalue weighted by Gasteiger charge is -2.33. The number of nitrogens with one attached hydrogen (secondary N) is 1. The second-order valence-corrected chi connectivity index (χ2v) is 7.79. The summed E-state index contributed by atoms with van der Waals surface area (Å²) in [7, 11) is 0. The van der Waals surface area contributed by atoms with Gasteiger partial charge in [0.05, 0.1) is 17.2 Å². The largest absolute Gasteiger partial charge is 0.506 e. The molecule has 1 aromatic heterocycles. The SMILES string of the molecule is O=C(NC1CCCCC1)C(c1ccncc1)N(CCO)C(=O)c1cccc(Cl)c1O. The number of hydrogen-bond acceptors (Lipinski definition) is 5. The molecule has 2 amide bonds. The molecule has 0 radical (unpaired) electrons. The third-order valence-electron chi connectivity index (χ3n) is 5.35. The normalized spacial score (nSPS) is 15.4. The molecular weight excluding hydrogens is 406 g/mol. The van der Waals surface area contributed by atoms with E-state index in [1.807, 2.05) is 0 Å². The molecule has 0 spiro atoms. The molecule has 0 aliphatic heterocycles. The average molecular weight is 432 g/mol. The monoisotopic (exact) mass is 431 g/mol. The maximum absolute atomic E-state index is 13.3. The number of halogens is 1. The molecule has 3 N–H and O–H groups in total. The van der Waals surface area contributed by atoms with Crippen LogP contribution >= 0.6 is 11.6 Å². The number of aliphatic hydroxyl groups is 1. The Hall–Kier alpha value is -2.64. The van der Waals surface area contributed by atoms with Crippen molar-refractivity contribution < 1.29 is 19.8 Å². The summed E-state index contributed by atoms with van der Waals surface area (Å²) < 4.78 is 0. The first-order valence-electron chi connectivity index (χ1n) is 10.1. The number of aromatic hydroxyl groups is 1. The maximum Gasteiger partial charge on any atom is 0.258 e. The van der Waals surface area contributed by atoms with Gasteiger partial charge in [-0.3, -0.25) is 14.6 Å². The van der Waals surface area contributed by atoms with Crippen molar-refractivity contribution in [3.63, 3.8) is 0 Å². The number of carbonyl (C=O) groups is 2. The van der Waals surface area contributed by atoms with Crippen molar-refractivity contribution in [3.05, 3.63) is 58.9 Å². The van der Waals surface area contributed by atoms with Gasteiger partial charge in [0.2, 0.25) is 5.91 Å². The zero-order chi connectivity index (χ0) is 21.5. The highest BCUT2D eigenvalue weighted by molar-refractivity contribution is 6.32. The van der Waals surface area contributed by atoms with Gasteiger partial charge in [-0.2, -0.15) is 0 Å². The Morgan fingerprint density at radius 1 is 1.17 bits per heavy atom. The minimum absolute atomic E-state index is 0.0273. The molecule has 1 aliphatic carbocycles. The zero-order valence-corrected chi connectivity index (χ0v) is 17.4. The molecular formula is C22H26ClN3O4. The van der Waals surface area contributed by atoms with Gasteiger partial charge in [-0.25, -0.2) is 0 Å². The number of nitrogens with zero attached hydrogens (tertiary/aromatic N) is 2. The highest BCUT2D eigenvalue weighted by Crippen LogP contribution is 2.31. The summed E-state index contributed by atoms with van der Waals surface area (Å²) in [6.45, 7) is -0.429. The van der Waals surface area contributed by atoms with E-state index in [2.05, 4.69) is 10.3 Å². The Labute approximate surface area is 180 Å². The Balaban J connectivity index is 1.96. The third-order valence-corrected chi connectivity index (χ3v) is 5.66. The molecule has 0 saturated heterocycles. The molecule has 1 aliphatic rings. The van der Waals surface area contributed by atoms with Crippen LogP contribution in [0.3, 0.4) is 0 Å². The van der Waals surface area contributed by atoms with Gasteiger partial charge in [-0.05, 0) is 42.7 Å². The zero-order valence-electron chi connectivity index (χ0n) is 16.6. The van der Waals surface area contributed by atoms with Crippen molar-refractivity contribution in [3.8, 4) is 5.75 Å². The number of carbonyl (C=O) groups excluding carboxylic acids is 2. The van der Waals surface area contributed by atoms with Crippen LogP contribution in [0.4, 0.5) is 0 Å². The van der Waals surface area contributed by atoms with E-state index in [-0.39, 0.29) is 41.4 Å². The number of rotatable bonds is 7. The van der Waals surface area contributed by atoms with Gasteiger partial charge < -0.3 is 20.4 Å². The van der Waals surface area contributed by atoms with Gasteiger partial charge in [0.15, 0.2) is 0 Å². The number of phenols is 1. The fourth-order valence-corrected chi connectivity index (χ4v) is 4.02. The molecule has 0 bridgehead atoms. The van der Waals surface area contributed by atoms with Gasteiger partial charge >= 0.3 is 0 Å². The smallest absolute Gasteiger partial charge is 0.258 e. The minimum atomic E-state index is -0.979. The van der Waals surface area contributed by atoms with Crippen LogP contribution in [0, 0.1) is 0 Å². The number of para-hydroxylation sites is 1. The number of amides is 2. The molecule has 1 fully saturated rings. The molecule has 8 heteroatoms. The number of aliphatic hydroxyl groups excluding tert-OH is 1. The molecule has 2 aromatic rings.